The first-order valence-electron chi connectivity index (χ1n) is 6.41. The molecule has 0 aromatic heterocycles. The predicted octanol–water partition coefficient (Wildman–Crippen LogP) is 5.03. The number of ether oxygens (including phenoxy) is 1. The first-order chi connectivity index (χ1) is 10.2. The molecule has 3 rings (SSSR count). The Labute approximate surface area is 136 Å². The van der Waals surface area contributed by atoms with Gasteiger partial charge in [-0.25, -0.2) is 0 Å². The van der Waals surface area contributed by atoms with Gasteiger partial charge in [0.2, 0.25) is 0 Å². The molecule has 0 fully saturated rings. The topological polar surface area (TPSA) is 35.2 Å². The van der Waals surface area contributed by atoms with Gasteiger partial charge in [0.1, 0.15) is 16.5 Å². The van der Waals surface area contributed by atoms with Crippen molar-refractivity contribution < 1.29 is 4.74 Å². The van der Waals surface area contributed by atoms with Gasteiger partial charge in [-0.05, 0) is 39.5 Å². The van der Waals surface area contributed by atoms with Gasteiger partial charge in [0.25, 0.3) is 0 Å². The molecule has 0 aliphatic rings. The molecule has 3 aromatic carbocycles. The van der Waals surface area contributed by atoms with Crippen molar-refractivity contribution in [2.45, 2.75) is 0 Å². The van der Waals surface area contributed by atoms with Gasteiger partial charge in [-0.3, -0.25) is 0 Å². The lowest BCUT2D eigenvalue weighted by Gasteiger charge is -2.13. The maximum atomic E-state index is 6.07. The molecule has 0 radical (unpaired) electrons. The van der Waals surface area contributed by atoms with Crippen molar-refractivity contribution in [3.8, 4) is 11.5 Å². The third kappa shape index (κ3) is 2.77. The molecule has 0 atom stereocenters. The Morgan fingerprint density at radius 1 is 0.905 bits per heavy atom. The lowest BCUT2D eigenvalue weighted by molar-refractivity contribution is 0.487. The van der Waals surface area contributed by atoms with E-state index in [2.05, 4.69) is 28.1 Å². The number of hydrogen-bond acceptors (Lipinski definition) is 2. The van der Waals surface area contributed by atoms with Crippen LogP contribution >= 0.6 is 28.1 Å². The van der Waals surface area contributed by atoms with Gasteiger partial charge in [0.15, 0.2) is 0 Å². The Kier molecular flexibility index (Phi) is 3.90. The van der Waals surface area contributed by atoms with Crippen LogP contribution in [0.2, 0.25) is 0 Å². The van der Waals surface area contributed by atoms with E-state index in [1.165, 1.54) is 0 Å². The zero-order valence-electron chi connectivity index (χ0n) is 11.0. The van der Waals surface area contributed by atoms with Crippen LogP contribution in [0.15, 0.2) is 65.1 Å². The Bertz CT molecular complexity index is 827. The first kappa shape index (κ1) is 14.0. The van der Waals surface area contributed by atoms with Gasteiger partial charge in [-0.15, -0.1) is 0 Å². The van der Waals surface area contributed by atoms with Crippen molar-refractivity contribution in [1.29, 1.82) is 0 Å². The van der Waals surface area contributed by atoms with Crippen LogP contribution in [-0.4, -0.2) is 4.99 Å². The fraction of sp³-hybridized carbons (Fsp3) is 0. The lowest BCUT2D eigenvalue weighted by Crippen LogP contribution is -2.11. The Hall–Kier alpha value is -1.91. The summed E-state index contributed by atoms with van der Waals surface area (Å²) < 4.78 is 6.89. The Balaban J connectivity index is 2.12. The summed E-state index contributed by atoms with van der Waals surface area (Å²) in [5, 5.41) is 2.18. The van der Waals surface area contributed by atoms with E-state index < -0.39 is 0 Å². The van der Waals surface area contributed by atoms with E-state index in [0.29, 0.717) is 16.3 Å². The molecule has 4 heteroatoms. The van der Waals surface area contributed by atoms with Crippen LogP contribution in [0, 0.1) is 0 Å². The SMILES string of the molecule is NC(=S)c1c(Br)cccc1Oc1cccc2ccccc12. The van der Waals surface area contributed by atoms with E-state index in [4.69, 9.17) is 22.7 Å². The molecule has 0 amide bonds. The summed E-state index contributed by atoms with van der Waals surface area (Å²) in [6.07, 6.45) is 0. The normalized spacial score (nSPS) is 10.5. The quantitative estimate of drug-likeness (QED) is 0.667. The zero-order valence-corrected chi connectivity index (χ0v) is 13.4. The van der Waals surface area contributed by atoms with E-state index in [1.807, 2.05) is 48.5 Å². The van der Waals surface area contributed by atoms with Crippen LogP contribution in [0.5, 0.6) is 11.5 Å². The van der Waals surface area contributed by atoms with Gasteiger partial charge in [0.05, 0.1) is 5.56 Å². The highest BCUT2D eigenvalue weighted by Crippen LogP contribution is 2.34. The lowest BCUT2D eigenvalue weighted by atomic mass is 10.1. The third-order valence-electron chi connectivity index (χ3n) is 3.19. The number of fused-ring (bicyclic) bond motifs is 1. The van der Waals surface area contributed by atoms with Gasteiger partial charge in [0, 0.05) is 9.86 Å². The Morgan fingerprint density at radius 3 is 2.38 bits per heavy atom. The van der Waals surface area contributed by atoms with Crippen LogP contribution in [-0.2, 0) is 0 Å². The molecule has 104 valence electrons. The fourth-order valence-corrected chi connectivity index (χ4v) is 3.14. The molecule has 0 saturated heterocycles. The summed E-state index contributed by atoms with van der Waals surface area (Å²) in [5.74, 6) is 1.43. The number of halogens is 1. The number of thiocarbonyl (C=S) groups is 1. The van der Waals surface area contributed by atoms with E-state index in [9.17, 15) is 0 Å². The van der Waals surface area contributed by atoms with Gasteiger partial charge >= 0.3 is 0 Å². The van der Waals surface area contributed by atoms with Crippen molar-refractivity contribution in [2.75, 3.05) is 0 Å². The minimum atomic E-state index is 0.303. The summed E-state index contributed by atoms with van der Waals surface area (Å²) in [4.78, 5) is 0.303. The molecule has 0 aliphatic heterocycles. The third-order valence-corrected chi connectivity index (χ3v) is 4.06. The van der Waals surface area contributed by atoms with Crippen molar-refractivity contribution in [3.63, 3.8) is 0 Å². The van der Waals surface area contributed by atoms with E-state index in [0.717, 1.165) is 21.0 Å². The van der Waals surface area contributed by atoms with Crippen molar-refractivity contribution in [2.24, 2.45) is 5.73 Å². The monoisotopic (exact) mass is 357 g/mol. The average Bonchev–Trinajstić information content (AvgIpc) is 2.47. The summed E-state index contributed by atoms with van der Waals surface area (Å²) in [6, 6.07) is 19.7. The maximum absolute atomic E-state index is 6.07. The Morgan fingerprint density at radius 2 is 1.57 bits per heavy atom. The summed E-state index contributed by atoms with van der Waals surface area (Å²) in [7, 11) is 0. The second-order valence-electron chi connectivity index (χ2n) is 4.56. The van der Waals surface area contributed by atoms with Gasteiger partial charge in [-0.2, -0.15) is 0 Å². The van der Waals surface area contributed by atoms with E-state index in [1.54, 1.807) is 0 Å². The van der Waals surface area contributed by atoms with Gasteiger partial charge in [-0.1, -0.05) is 54.7 Å². The second kappa shape index (κ2) is 5.84. The van der Waals surface area contributed by atoms with Gasteiger partial charge < -0.3 is 10.5 Å². The fourth-order valence-electron chi connectivity index (χ4n) is 2.23. The highest BCUT2D eigenvalue weighted by molar-refractivity contribution is 9.10. The molecule has 0 saturated carbocycles. The van der Waals surface area contributed by atoms with Crippen LogP contribution in [0.3, 0.4) is 0 Å². The molecule has 0 heterocycles. The molecule has 0 unspecified atom stereocenters. The predicted molar refractivity (Wildman–Crippen MR) is 94.1 cm³/mol. The molecular formula is C17H12BrNOS. The molecule has 0 spiro atoms. The van der Waals surface area contributed by atoms with E-state index >= 15 is 0 Å². The first-order valence-corrected chi connectivity index (χ1v) is 7.61. The molecular weight excluding hydrogens is 346 g/mol. The minimum Gasteiger partial charge on any atom is -0.456 e. The van der Waals surface area contributed by atoms with E-state index in [-0.39, 0.29) is 0 Å². The molecule has 3 aromatic rings. The highest BCUT2D eigenvalue weighted by atomic mass is 79.9. The number of rotatable bonds is 3. The molecule has 21 heavy (non-hydrogen) atoms. The second-order valence-corrected chi connectivity index (χ2v) is 5.85. The largest absolute Gasteiger partial charge is 0.456 e. The van der Waals surface area contributed by atoms with Crippen molar-refractivity contribution in [3.05, 3.63) is 70.7 Å². The molecule has 0 aliphatic carbocycles. The van der Waals surface area contributed by atoms with Crippen molar-refractivity contribution in [1.82, 2.24) is 0 Å². The molecule has 2 nitrogen and oxygen atoms in total. The van der Waals surface area contributed by atoms with Crippen LogP contribution in [0.25, 0.3) is 10.8 Å². The van der Waals surface area contributed by atoms with Crippen LogP contribution in [0.4, 0.5) is 0 Å². The summed E-state index contributed by atoms with van der Waals surface area (Å²) in [5.41, 5.74) is 6.51. The maximum Gasteiger partial charge on any atom is 0.138 e. The zero-order chi connectivity index (χ0) is 14.8. The number of nitrogens with two attached hydrogens (primary N) is 1. The standard InChI is InChI=1S/C17H12BrNOS/c18-13-8-4-10-15(16(13)17(19)21)20-14-9-3-6-11-5-1-2-7-12(11)14/h1-10H,(H2,19,21). The summed E-state index contributed by atoms with van der Waals surface area (Å²) >= 11 is 8.58. The molecule has 2 N–H and O–H groups in total. The number of hydrogen-bond donors (Lipinski definition) is 1. The molecule has 0 bridgehead atoms. The average molecular weight is 358 g/mol. The summed E-state index contributed by atoms with van der Waals surface area (Å²) in [6.45, 7) is 0. The van der Waals surface area contributed by atoms with Crippen LogP contribution < -0.4 is 10.5 Å². The smallest absolute Gasteiger partial charge is 0.138 e. The number of benzene rings is 3. The highest BCUT2D eigenvalue weighted by Gasteiger charge is 2.12. The minimum absolute atomic E-state index is 0.303. The van der Waals surface area contributed by atoms with Crippen molar-refractivity contribution >= 4 is 43.9 Å². The van der Waals surface area contributed by atoms with Crippen LogP contribution in [0.1, 0.15) is 5.56 Å².